The fourth-order valence-corrected chi connectivity index (χ4v) is 2.71. The smallest absolute Gasteiger partial charge is 0.173 e. The van der Waals surface area contributed by atoms with E-state index in [1.807, 2.05) is 12.1 Å². The Balaban J connectivity index is 1.96. The first-order valence-electron chi connectivity index (χ1n) is 6.89. The molecule has 0 saturated carbocycles. The lowest BCUT2D eigenvalue weighted by Crippen LogP contribution is -2.02. The molecule has 0 aliphatic rings. The second-order valence-corrected chi connectivity index (χ2v) is 6.35. The van der Waals surface area contributed by atoms with E-state index >= 15 is 0 Å². The lowest BCUT2D eigenvalue weighted by atomic mass is 10.0. The van der Waals surface area contributed by atoms with E-state index in [9.17, 15) is 4.79 Å². The van der Waals surface area contributed by atoms with Crippen molar-refractivity contribution in [2.75, 3.05) is 5.75 Å². The largest absolute Gasteiger partial charge is 0.293 e. The summed E-state index contributed by atoms with van der Waals surface area (Å²) >= 11 is 1.59. The summed E-state index contributed by atoms with van der Waals surface area (Å²) < 4.78 is 0. The standard InChI is InChI=1S/C18H20OS/c1-13(2)15-6-8-16(9-7-15)18(19)12-20-17-10-4-14(3)5-11-17/h4-11,13H,12H2,1-3H3. The third kappa shape index (κ3) is 3.97. The zero-order valence-electron chi connectivity index (χ0n) is 12.2. The van der Waals surface area contributed by atoms with Crippen LogP contribution in [0.3, 0.4) is 0 Å². The van der Waals surface area contributed by atoms with Crippen molar-refractivity contribution in [2.45, 2.75) is 31.6 Å². The highest BCUT2D eigenvalue weighted by molar-refractivity contribution is 8.00. The lowest BCUT2D eigenvalue weighted by Gasteiger charge is -2.06. The van der Waals surface area contributed by atoms with E-state index in [0.717, 1.165) is 10.5 Å². The first-order chi connectivity index (χ1) is 9.56. The highest BCUT2D eigenvalue weighted by Gasteiger charge is 2.07. The summed E-state index contributed by atoms with van der Waals surface area (Å²) in [4.78, 5) is 13.3. The normalized spacial score (nSPS) is 10.8. The molecule has 1 nitrogen and oxygen atoms in total. The van der Waals surface area contributed by atoms with Crippen LogP contribution in [-0.2, 0) is 0 Å². The van der Waals surface area contributed by atoms with Gasteiger partial charge in [0.15, 0.2) is 5.78 Å². The van der Waals surface area contributed by atoms with Gasteiger partial charge in [-0.05, 0) is 30.5 Å². The summed E-state index contributed by atoms with van der Waals surface area (Å²) in [5.74, 6) is 1.18. The van der Waals surface area contributed by atoms with Gasteiger partial charge in [0.05, 0.1) is 5.75 Å². The van der Waals surface area contributed by atoms with Gasteiger partial charge in [-0.1, -0.05) is 55.8 Å². The number of carbonyl (C=O) groups is 1. The summed E-state index contributed by atoms with van der Waals surface area (Å²) in [7, 11) is 0. The van der Waals surface area contributed by atoms with Crippen LogP contribution in [0.2, 0.25) is 0 Å². The van der Waals surface area contributed by atoms with Gasteiger partial charge in [-0.25, -0.2) is 0 Å². The van der Waals surface area contributed by atoms with Gasteiger partial charge >= 0.3 is 0 Å². The number of thioether (sulfide) groups is 1. The second kappa shape index (κ2) is 6.76. The van der Waals surface area contributed by atoms with Crippen LogP contribution in [0.25, 0.3) is 0 Å². The molecule has 20 heavy (non-hydrogen) atoms. The van der Waals surface area contributed by atoms with Gasteiger partial charge in [0.2, 0.25) is 0 Å². The highest BCUT2D eigenvalue weighted by atomic mass is 32.2. The number of hydrogen-bond acceptors (Lipinski definition) is 2. The van der Waals surface area contributed by atoms with Crippen LogP contribution in [0.1, 0.15) is 41.3 Å². The van der Waals surface area contributed by atoms with Crippen molar-refractivity contribution < 1.29 is 4.79 Å². The van der Waals surface area contributed by atoms with Gasteiger partial charge in [0.1, 0.15) is 0 Å². The molecule has 2 aromatic rings. The number of carbonyl (C=O) groups excluding carboxylic acids is 1. The molecule has 0 bridgehead atoms. The predicted octanol–water partition coefficient (Wildman–Crippen LogP) is 5.09. The lowest BCUT2D eigenvalue weighted by molar-refractivity contribution is 0.102. The quantitative estimate of drug-likeness (QED) is 0.561. The van der Waals surface area contributed by atoms with Crippen LogP contribution in [-0.4, -0.2) is 11.5 Å². The molecular formula is C18H20OS. The fraction of sp³-hybridized carbons (Fsp3) is 0.278. The van der Waals surface area contributed by atoms with Gasteiger partial charge in [-0.3, -0.25) is 4.79 Å². The predicted molar refractivity (Wildman–Crippen MR) is 86.8 cm³/mol. The van der Waals surface area contributed by atoms with Crippen molar-refractivity contribution in [3.63, 3.8) is 0 Å². The van der Waals surface area contributed by atoms with Crippen LogP contribution < -0.4 is 0 Å². The van der Waals surface area contributed by atoms with E-state index in [0.29, 0.717) is 11.7 Å². The maximum Gasteiger partial charge on any atom is 0.173 e. The monoisotopic (exact) mass is 284 g/mol. The fourth-order valence-electron chi connectivity index (χ4n) is 1.92. The molecule has 0 aromatic heterocycles. The minimum absolute atomic E-state index is 0.186. The van der Waals surface area contributed by atoms with Crippen molar-refractivity contribution in [2.24, 2.45) is 0 Å². The zero-order chi connectivity index (χ0) is 14.5. The first kappa shape index (κ1) is 14.9. The molecular weight excluding hydrogens is 264 g/mol. The second-order valence-electron chi connectivity index (χ2n) is 5.30. The molecule has 0 fully saturated rings. The summed E-state index contributed by atoms with van der Waals surface area (Å²) in [5.41, 5.74) is 3.31. The van der Waals surface area contributed by atoms with Crippen molar-refractivity contribution in [3.8, 4) is 0 Å². The van der Waals surface area contributed by atoms with E-state index in [2.05, 4.69) is 57.2 Å². The van der Waals surface area contributed by atoms with Crippen LogP contribution >= 0.6 is 11.8 Å². The summed E-state index contributed by atoms with van der Waals surface area (Å²) in [6, 6.07) is 16.3. The van der Waals surface area contributed by atoms with Gasteiger partial charge in [-0.2, -0.15) is 0 Å². The van der Waals surface area contributed by atoms with Crippen molar-refractivity contribution in [3.05, 3.63) is 65.2 Å². The Kier molecular flexibility index (Phi) is 5.02. The Morgan fingerprint density at radius 2 is 1.60 bits per heavy atom. The Morgan fingerprint density at radius 1 is 1.00 bits per heavy atom. The number of rotatable bonds is 5. The van der Waals surface area contributed by atoms with E-state index in [1.165, 1.54) is 11.1 Å². The van der Waals surface area contributed by atoms with E-state index in [-0.39, 0.29) is 5.78 Å². The van der Waals surface area contributed by atoms with Crippen LogP contribution in [0.15, 0.2) is 53.4 Å². The molecule has 0 aliphatic carbocycles. The minimum atomic E-state index is 0.186. The molecule has 0 aliphatic heterocycles. The molecule has 0 unspecified atom stereocenters. The summed E-state index contributed by atoms with van der Waals surface area (Å²) in [6.07, 6.45) is 0. The van der Waals surface area contributed by atoms with Gasteiger partial charge in [-0.15, -0.1) is 11.8 Å². The maximum atomic E-state index is 12.1. The molecule has 0 saturated heterocycles. The molecule has 2 aromatic carbocycles. The van der Waals surface area contributed by atoms with Crippen molar-refractivity contribution >= 4 is 17.5 Å². The number of Topliss-reactive ketones (excluding diaryl/α,β-unsaturated/α-hetero) is 1. The molecule has 0 spiro atoms. The number of benzene rings is 2. The first-order valence-corrected chi connectivity index (χ1v) is 7.87. The molecule has 0 radical (unpaired) electrons. The third-order valence-electron chi connectivity index (χ3n) is 3.29. The Hall–Kier alpha value is -1.54. The topological polar surface area (TPSA) is 17.1 Å². The van der Waals surface area contributed by atoms with Crippen molar-refractivity contribution in [1.82, 2.24) is 0 Å². The molecule has 0 amide bonds. The Labute approximate surface area is 125 Å². The van der Waals surface area contributed by atoms with Crippen molar-refractivity contribution in [1.29, 1.82) is 0 Å². The van der Waals surface area contributed by atoms with Gasteiger partial charge < -0.3 is 0 Å². The third-order valence-corrected chi connectivity index (χ3v) is 4.30. The summed E-state index contributed by atoms with van der Waals surface area (Å²) in [6.45, 7) is 6.38. The average molecular weight is 284 g/mol. The number of aryl methyl sites for hydroxylation is 1. The van der Waals surface area contributed by atoms with E-state index < -0.39 is 0 Å². The highest BCUT2D eigenvalue weighted by Crippen LogP contribution is 2.20. The van der Waals surface area contributed by atoms with Crippen LogP contribution in [0.4, 0.5) is 0 Å². The Morgan fingerprint density at radius 3 is 2.15 bits per heavy atom. The van der Waals surface area contributed by atoms with Crippen LogP contribution in [0.5, 0.6) is 0 Å². The van der Waals surface area contributed by atoms with E-state index in [1.54, 1.807) is 11.8 Å². The molecule has 0 heterocycles. The summed E-state index contributed by atoms with van der Waals surface area (Å²) in [5, 5.41) is 0. The molecule has 0 atom stereocenters. The molecule has 2 heteroatoms. The Bertz CT molecular complexity index is 567. The minimum Gasteiger partial charge on any atom is -0.293 e. The van der Waals surface area contributed by atoms with E-state index in [4.69, 9.17) is 0 Å². The molecule has 2 rings (SSSR count). The number of hydrogen-bond donors (Lipinski definition) is 0. The zero-order valence-corrected chi connectivity index (χ0v) is 13.0. The molecule has 104 valence electrons. The molecule has 0 N–H and O–H groups in total. The number of ketones is 1. The van der Waals surface area contributed by atoms with Gasteiger partial charge in [0.25, 0.3) is 0 Å². The maximum absolute atomic E-state index is 12.1. The SMILES string of the molecule is Cc1ccc(SCC(=O)c2ccc(C(C)C)cc2)cc1. The van der Waals surface area contributed by atoms with Gasteiger partial charge in [0, 0.05) is 10.5 Å². The van der Waals surface area contributed by atoms with Crippen LogP contribution in [0, 0.1) is 6.92 Å². The average Bonchev–Trinajstić information content (AvgIpc) is 2.46.